The molecule has 0 unspecified atom stereocenters. The topological polar surface area (TPSA) is 73.0 Å². The molecule has 0 aromatic heterocycles. The molecule has 2 aliphatic rings. The first-order chi connectivity index (χ1) is 16.2. The van der Waals surface area contributed by atoms with Gasteiger partial charge in [0.05, 0.1) is 17.8 Å². The second-order valence-corrected chi connectivity index (χ2v) is 8.36. The van der Waals surface area contributed by atoms with Crippen LogP contribution in [0.4, 0.5) is 24.5 Å². The number of carbonyl (C=O) groups is 3. The molecule has 7 nitrogen and oxygen atoms in total. The molecule has 10 heteroatoms. The van der Waals surface area contributed by atoms with Crippen LogP contribution in [-0.2, 0) is 15.8 Å². The van der Waals surface area contributed by atoms with Crippen LogP contribution in [0.15, 0.2) is 48.5 Å². The number of hydrogen-bond acceptors (Lipinski definition) is 4. The fraction of sp³-hybridized carbons (Fsp3) is 0.375. The highest BCUT2D eigenvalue weighted by Gasteiger charge is 2.34. The molecule has 0 radical (unpaired) electrons. The fourth-order valence-electron chi connectivity index (χ4n) is 4.25. The number of benzene rings is 2. The van der Waals surface area contributed by atoms with Gasteiger partial charge in [0.2, 0.25) is 11.8 Å². The Labute approximate surface area is 195 Å². The van der Waals surface area contributed by atoms with Gasteiger partial charge in [0.1, 0.15) is 0 Å². The van der Waals surface area contributed by atoms with Crippen LogP contribution in [0.3, 0.4) is 0 Å². The Balaban J connectivity index is 1.31. The first-order valence-corrected chi connectivity index (χ1v) is 11.1. The van der Waals surface area contributed by atoms with Gasteiger partial charge in [0.15, 0.2) is 0 Å². The van der Waals surface area contributed by atoms with E-state index in [-0.39, 0.29) is 24.0 Å². The van der Waals surface area contributed by atoms with Crippen molar-refractivity contribution in [3.05, 3.63) is 59.7 Å². The fourth-order valence-corrected chi connectivity index (χ4v) is 4.25. The van der Waals surface area contributed by atoms with E-state index >= 15 is 0 Å². The summed E-state index contributed by atoms with van der Waals surface area (Å²) in [5.41, 5.74) is 0.0387. The number of rotatable bonds is 5. The van der Waals surface area contributed by atoms with Crippen LogP contribution >= 0.6 is 0 Å². The summed E-state index contributed by atoms with van der Waals surface area (Å²) in [4.78, 5) is 42.5. The van der Waals surface area contributed by atoms with E-state index in [2.05, 4.69) is 5.32 Å². The van der Waals surface area contributed by atoms with Crippen LogP contribution < -0.4 is 10.2 Å². The molecule has 2 aromatic rings. The Morgan fingerprint density at radius 2 is 1.68 bits per heavy atom. The van der Waals surface area contributed by atoms with Gasteiger partial charge in [-0.1, -0.05) is 18.2 Å². The molecule has 34 heavy (non-hydrogen) atoms. The van der Waals surface area contributed by atoms with Crippen molar-refractivity contribution in [2.24, 2.45) is 0 Å². The smallest absolute Gasteiger partial charge is 0.336 e. The van der Waals surface area contributed by atoms with Crippen molar-refractivity contribution >= 4 is 29.1 Å². The number of anilines is 2. The van der Waals surface area contributed by atoms with Crippen molar-refractivity contribution in [3.63, 3.8) is 0 Å². The third-order valence-electron chi connectivity index (χ3n) is 6.01. The molecule has 0 spiro atoms. The molecule has 2 aromatic carbocycles. The average molecular weight is 474 g/mol. The van der Waals surface area contributed by atoms with Gasteiger partial charge in [-0.15, -0.1) is 0 Å². The van der Waals surface area contributed by atoms with Crippen molar-refractivity contribution in [2.45, 2.75) is 19.0 Å². The minimum Gasteiger partial charge on any atom is -0.336 e. The maximum absolute atomic E-state index is 13.1. The van der Waals surface area contributed by atoms with Crippen LogP contribution in [0, 0.1) is 0 Å². The molecular formula is C24H25F3N4O3. The summed E-state index contributed by atoms with van der Waals surface area (Å²) in [7, 11) is 0. The van der Waals surface area contributed by atoms with E-state index in [0.717, 1.165) is 12.5 Å². The zero-order chi connectivity index (χ0) is 24.3. The predicted octanol–water partition coefficient (Wildman–Crippen LogP) is 3.23. The summed E-state index contributed by atoms with van der Waals surface area (Å²) in [6, 6.07) is 11.9. The number of carbonyl (C=O) groups excluding carboxylic acids is 3. The Bertz CT molecular complexity index is 1080. The van der Waals surface area contributed by atoms with Crippen molar-refractivity contribution < 1.29 is 27.6 Å². The third kappa shape index (κ3) is 5.39. The van der Waals surface area contributed by atoms with Crippen molar-refractivity contribution in [1.82, 2.24) is 9.80 Å². The predicted molar refractivity (Wildman–Crippen MR) is 120 cm³/mol. The standard InChI is InChI=1S/C24H25F3N4O3/c25-24(26,27)19-7-1-2-8-20(19)28-21(32)16-29-11-13-30(14-12-29)23(34)17-5-3-6-18(15-17)31-10-4-9-22(31)33/h1-3,5-8,15H,4,9-14,16H2,(H,28,32). The summed E-state index contributed by atoms with van der Waals surface area (Å²) < 4.78 is 39.4. The molecule has 0 bridgehead atoms. The first-order valence-electron chi connectivity index (χ1n) is 11.1. The largest absolute Gasteiger partial charge is 0.418 e. The van der Waals surface area contributed by atoms with Crippen molar-refractivity contribution in [1.29, 1.82) is 0 Å². The second-order valence-electron chi connectivity index (χ2n) is 8.36. The van der Waals surface area contributed by atoms with Gasteiger partial charge in [0, 0.05) is 50.4 Å². The van der Waals surface area contributed by atoms with Crippen LogP contribution in [0.1, 0.15) is 28.8 Å². The first kappa shape index (κ1) is 23.7. The second kappa shape index (κ2) is 9.84. The highest BCUT2D eigenvalue weighted by Crippen LogP contribution is 2.34. The molecule has 0 atom stereocenters. The van der Waals surface area contributed by atoms with Gasteiger partial charge >= 0.3 is 6.18 Å². The van der Waals surface area contributed by atoms with E-state index in [1.807, 2.05) is 6.07 Å². The monoisotopic (exact) mass is 474 g/mol. The number of nitrogens with one attached hydrogen (secondary N) is 1. The lowest BCUT2D eigenvalue weighted by Crippen LogP contribution is -2.50. The van der Waals surface area contributed by atoms with E-state index in [0.29, 0.717) is 50.4 Å². The van der Waals surface area contributed by atoms with Gasteiger partial charge in [-0.25, -0.2) is 0 Å². The highest BCUT2D eigenvalue weighted by molar-refractivity contribution is 5.99. The number of amides is 3. The van der Waals surface area contributed by atoms with Crippen molar-refractivity contribution in [2.75, 3.05) is 49.5 Å². The molecule has 2 saturated heterocycles. The van der Waals surface area contributed by atoms with Crippen LogP contribution in [0.2, 0.25) is 0 Å². The lowest BCUT2D eigenvalue weighted by Gasteiger charge is -2.34. The summed E-state index contributed by atoms with van der Waals surface area (Å²) in [5, 5.41) is 2.35. The normalized spacial score (nSPS) is 17.2. The Hall–Kier alpha value is -3.40. The average Bonchev–Trinajstić information content (AvgIpc) is 3.24. The summed E-state index contributed by atoms with van der Waals surface area (Å²) in [6.07, 6.45) is -3.25. The van der Waals surface area contributed by atoms with E-state index < -0.39 is 17.6 Å². The molecule has 2 fully saturated rings. The molecule has 2 aliphatic heterocycles. The maximum atomic E-state index is 13.1. The Morgan fingerprint density at radius 3 is 2.35 bits per heavy atom. The van der Waals surface area contributed by atoms with Crippen LogP contribution in [-0.4, -0.2) is 66.8 Å². The molecule has 2 heterocycles. The number of para-hydroxylation sites is 1. The Kier molecular flexibility index (Phi) is 6.87. The summed E-state index contributed by atoms with van der Waals surface area (Å²) in [5.74, 6) is -0.648. The molecule has 0 aliphatic carbocycles. The summed E-state index contributed by atoms with van der Waals surface area (Å²) >= 11 is 0. The zero-order valence-electron chi connectivity index (χ0n) is 18.5. The minimum absolute atomic E-state index is 0.0503. The molecule has 0 saturated carbocycles. The number of piperazine rings is 1. The van der Waals surface area contributed by atoms with Gasteiger partial charge in [-0.3, -0.25) is 19.3 Å². The van der Waals surface area contributed by atoms with Gasteiger partial charge in [-0.05, 0) is 36.8 Å². The molecule has 1 N–H and O–H groups in total. The lowest BCUT2D eigenvalue weighted by atomic mass is 10.1. The maximum Gasteiger partial charge on any atom is 0.418 e. The van der Waals surface area contributed by atoms with Gasteiger partial charge in [0.25, 0.3) is 5.91 Å². The number of nitrogens with zero attached hydrogens (tertiary/aromatic N) is 3. The van der Waals surface area contributed by atoms with Gasteiger partial charge in [-0.2, -0.15) is 13.2 Å². The van der Waals surface area contributed by atoms with Gasteiger partial charge < -0.3 is 15.1 Å². The minimum atomic E-state index is -4.56. The lowest BCUT2D eigenvalue weighted by molar-refractivity contribution is -0.137. The Morgan fingerprint density at radius 1 is 0.941 bits per heavy atom. The number of halogens is 3. The SMILES string of the molecule is O=C(CN1CCN(C(=O)c2cccc(N3CCCC3=O)c2)CC1)Nc1ccccc1C(F)(F)F. The van der Waals surface area contributed by atoms with Crippen LogP contribution in [0.25, 0.3) is 0 Å². The molecule has 4 rings (SSSR count). The quantitative estimate of drug-likeness (QED) is 0.723. The highest BCUT2D eigenvalue weighted by atomic mass is 19.4. The number of hydrogen-bond donors (Lipinski definition) is 1. The van der Waals surface area contributed by atoms with E-state index in [1.165, 1.54) is 18.2 Å². The zero-order valence-corrected chi connectivity index (χ0v) is 18.5. The third-order valence-corrected chi connectivity index (χ3v) is 6.01. The molecule has 3 amide bonds. The van der Waals surface area contributed by atoms with Crippen molar-refractivity contribution in [3.8, 4) is 0 Å². The number of alkyl halides is 3. The van der Waals surface area contributed by atoms with E-state index in [1.54, 1.807) is 32.9 Å². The summed E-state index contributed by atoms with van der Waals surface area (Å²) in [6.45, 7) is 2.19. The van der Waals surface area contributed by atoms with E-state index in [4.69, 9.17) is 0 Å². The van der Waals surface area contributed by atoms with Crippen LogP contribution in [0.5, 0.6) is 0 Å². The van der Waals surface area contributed by atoms with E-state index in [9.17, 15) is 27.6 Å². The molecular weight excluding hydrogens is 449 g/mol. The molecule has 180 valence electrons.